The molecular formula is C53H91N3O16P2. The second-order valence-electron chi connectivity index (χ2n) is 19.4. The van der Waals surface area contributed by atoms with Crippen molar-refractivity contribution >= 4 is 33.4 Å². The van der Waals surface area contributed by atoms with Gasteiger partial charge in [0.15, 0.2) is 12.3 Å². The number of rotatable bonds is 44. The van der Waals surface area contributed by atoms with Gasteiger partial charge in [0, 0.05) is 19.0 Å². The molecule has 1 aromatic rings. The molecule has 0 radical (unpaired) electrons. The minimum atomic E-state index is -5.45. The Morgan fingerprint density at radius 1 is 0.757 bits per heavy atom. The number of nitrogens with zero attached hydrogens (tertiary/aromatic N) is 2. The summed E-state index contributed by atoms with van der Waals surface area (Å²) in [7, 11) is -10.9. The maximum absolute atomic E-state index is 12.9. The molecule has 1 aliphatic rings. The highest BCUT2D eigenvalue weighted by atomic mass is 31.3. The number of anilines is 1. The van der Waals surface area contributed by atoms with Gasteiger partial charge in [-0.2, -0.15) is 9.29 Å². The van der Waals surface area contributed by atoms with E-state index in [0.717, 1.165) is 55.2 Å². The number of carbonyl (C=O) groups is 2. The summed E-state index contributed by atoms with van der Waals surface area (Å²) >= 11 is 0. The van der Waals surface area contributed by atoms with Gasteiger partial charge in [0.25, 0.3) is 0 Å². The Bertz CT molecular complexity index is 1960. The van der Waals surface area contributed by atoms with Gasteiger partial charge in [-0.25, -0.2) is 13.9 Å². The van der Waals surface area contributed by atoms with E-state index in [2.05, 4.69) is 36.1 Å². The van der Waals surface area contributed by atoms with Gasteiger partial charge in [0.05, 0.1) is 19.3 Å². The van der Waals surface area contributed by atoms with Crippen LogP contribution >= 0.6 is 15.6 Å². The molecule has 0 aromatic carbocycles. The molecule has 7 N–H and O–H groups in total. The monoisotopic (exact) mass is 1090 g/mol. The summed E-state index contributed by atoms with van der Waals surface area (Å²) in [6.07, 6.45) is 33.6. The summed E-state index contributed by atoms with van der Waals surface area (Å²) in [5.41, 5.74) is 4.58. The number of aliphatic hydroxyl groups excluding tert-OH is 3. The Balaban J connectivity index is 1.81. The fraction of sp³-hybridized carbons (Fsp3) is 0.736. The van der Waals surface area contributed by atoms with E-state index in [1.54, 1.807) is 6.08 Å². The lowest BCUT2D eigenvalue weighted by molar-refractivity contribution is -0.161. The molecule has 1 aliphatic heterocycles. The first-order valence-electron chi connectivity index (χ1n) is 27.1. The Morgan fingerprint density at radius 3 is 1.99 bits per heavy atom. The van der Waals surface area contributed by atoms with Gasteiger partial charge in [0.1, 0.15) is 30.7 Å². The van der Waals surface area contributed by atoms with E-state index in [-0.39, 0.29) is 18.7 Å². The number of nitrogen functional groups attached to an aromatic ring is 1. The Labute approximate surface area is 440 Å². The van der Waals surface area contributed by atoms with E-state index in [9.17, 15) is 48.6 Å². The number of carbonyl (C=O) groups excluding carboxylic acids is 2. The summed E-state index contributed by atoms with van der Waals surface area (Å²) in [6.45, 7) is 4.34. The van der Waals surface area contributed by atoms with Crippen LogP contribution in [0.25, 0.3) is 0 Å². The summed E-state index contributed by atoms with van der Waals surface area (Å²) in [6, 6.07) is 1.24. The predicted octanol–water partition coefficient (Wildman–Crippen LogP) is 10.6. The zero-order valence-electron chi connectivity index (χ0n) is 44.4. The average molecular weight is 1090 g/mol. The first kappa shape index (κ1) is 66.8. The standard InChI is InChI=1S/C53H91N3O16P2/c1-4-5-6-7-18-24-29-34-44(57)35-30-25-20-17-22-26-31-36-48(58)67-40-45(70-49(59)37-32-27-21-16-14-12-10-8-9-11-13-15-19-23-28-33-43(2)3)41-68-73(63,64)72-74(65,66)69-42-46-50(60)51(61)52(71-46)56-39-38-47(54)55-53(56)62/h17-18,22,24-25,29-30,34,38-39,43-46,50-52,57,60-61H,4-16,19-21,23,26-28,31-33,35-37,40-42H2,1-3H3,(H,63,64)(H,65,66)(H2,54,55,62)/b22-17+,24-18-,30-25-,34-29-/t44-,45-,46-,50-,51-,52-/m1/s1. The third kappa shape index (κ3) is 33.0. The third-order valence-electron chi connectivity index (χ3n) is 12.2. The molecule has 2 heterocycles. The number of hydrogen-bond donors (Lipinski definition) is 6. The number of nitrogens with two attached hydrogens (primary N) is 1. The number of phosphoric ester groups is 2. The van der Waals surface area contributed by atoms with Crippen LogP contribution in [0.15, 0.2) is 65.7 Å². The van der Waals surface area contributed by atoms with Crippen molar-refractivity contribution in [1.29, 1.82) is 0 Å². The number of aliphatic hydroxyl groups is 3. The van der Waals surface area contributed by atoms with Gasteiger partial charge in [-0.1, -0.05) is 179 Å². The molecule has 1 aromatic heterocycles. The number of phosphoric acid groups is 2. The fourth-order valence-electron chi connectivity index (χ4n) is 7.92. The number of hydrogen-bond acceptors (Lipinski definition) is 16. The van der Waals surface area contributed by atoms with Crippen molar-refractivity contribution < 1.29 is 71.4 Å². The molecular weight excluding hydrogens is 997 g/mol. The number of aromatic nitrogens is 2. The molecule has 8 atom stereocenters. The number of allylic oxidation sites excluding steroid dienone is 6. The fourth-order valence-corrected chi connectivity index (χ4v) is 10.0. The Kier molecular flexibility index (Phi) is 36.1. The van der Waals surface area contributed by atoms with Crippen molar-refractivity contribution in [3.8, 4) is 0 Å². The lowest BCUT2D eigenvalue weighted by Gasteiger charge is -2.21. The van der Waals surface area contributed by atoms with Crippen molar-refractivity contribution in [2.75, 3.05) is 25.6 Å². The molecule has 19 nitrogen and oxygen atoms in total. The molecule has 0 spiro atoms. The first-order valence-corrected chi connectivity index (χ1v) is 30.1. The molecule has 2 rings (SSSR count). The zero-order valence-corrected chi connectivity index (χ0v) is 46.2. The molecule has 2 unspecified atom stereocenters. The third-order valence-corrected chi connectivity index (χ3v) is 14.8. The molecule has 74 heavy (non-hydrogen) atoms. The topological polar surface area (TPSA) is 286 Å². The van der Waals surface area contributed by atoms with Crippen molar-refractivity contribution in [1.82, 2.24) is 9.55 Å². The molecule has 0 aliphatic carbocycles. The van der Waals surface area contributed by atoms with Crippen LogP contribution in [0, 0.1) is 5.92 Å². The van der Waals surface area contributed by atoms with Gasteiger partial charge < -0.3 is 45.1 Å². The van der Waals surface area contributed by atoms with E-state index in [4.69, 9.17) is 29.0 Å². The minimum absolute atomic E-state index is 0.0173. The lowest BCUT2D eigenvalue weighted by Crippen LogP contribution is -2.36. The predicted molar refractivity (Wildman–Crippen MR) is 285 cm³/mol. The zero-order chi connectivity index (χ0) is 54.5. The van der Waals surface area contributed by atoms with E-state index in [0.29, 0.717) is 32.1 Å². The van der Waals surface area contributed by atoms with Gasteiger partial charge in [-0.05, 0) is 56.9 Å². The van der Waals surface area contributed by atoms with Crippen LogP contribution in [0.1, 0.15) is 194 Å². The van der Waals surface area contributed by atoms with Crippen LogP contribution in [-0.4, -0.2) is 96.9 Å². The highest BCUT2D eigenvalue weighted by Crippen LogP contribution is 2.60. The maximum Gasteiger partial charge on any atom is 0.481 e. The van der Waals surface area contributed by atoms with E-state index >= 15 is 0 Å². The summed E-state index contributed by atoms with van der Waals surface area (Å²) in [5.74, 6) is -0.609. The number of unbranched alkanes of at least 4 members (excludes halogenated alkanes) is 18. The Morgan fingerprint density at radius 2 is 1.35 bits per heavy atom. The largest absolute Gasteiger partial charge is 0.481 e. The minimum Gasteiger partial charge on any atom is -0.462 e. The Hall–Kier alpha value is -3.32. The highest BCUT2D eigenvalue weighted by molar-refractivity contribution is 7.61. The normalized spacial score (nSPS) is 19.7. The maximum atomic E-state index is 12.9. The van der Waals surface area contributed by atoms with Gasteiger partial charge in [-0.3, -0.25) is 23.2 Å². The second kappa shape index (κ2) is 40.0. The molecule has 0 bridgehead atoms. The SMILES string of the molecule is CCCCC/C=C\C=C/[C@@H](O)C/C=C\C/C=C/CCCC(=O)OC[C@H](COP(=O)(O)OP(=O)(O)OC[C@H]1O[C@@H](n2ccc(N)nc2=O)[C@H](O)[C@@H]1O)OC(=O)CCCCCCCCCCCCCCCCCC(C)C. The average Bonchev–Trinajstić information content (AvgIpc) is 3.62. The summed E-state index contributed by atoms with van der Waals surface area (Å²) in [4.78, 5) is 62.0. The molecule has 424 valence electrons. The van der Waals surface area contributed by atoms with Gasteiger partial charge in [-0.15, -0.1) is 0 Å². The number of esters is 2. The quantitative estimate of drug-likeness (QED) is 0.0116. The molecule has 1 saturated heterocycles. The van der Waals surface area contributed by atoms with Gasteiger partial charge in [0.2, 0.25) is 0 Å². The molecule has 0 amide bonds. The van der Waals surface area contributed by atoms with Crippen molar-refractivity contribution in [3.63, 3.8) is 0 Å². The number of ether oxygens (including phenoxy) is 3. The van der Waals surface area contributed by atoms with Crippen LogP contribution < -0.4 is 11.4 Å². The van der Waals surface area contributed by atoms with Crippen molar-refractivity contribution in [3.05, 3.63) is 71.4 Å². The van der Waals surface area contributed by atoms with Crippen LogP contribution in [0.5, 0.6) is 0 Å². The summed E-state index contributed by atoms with van der Waals surface area (Å²) < 4.78 is 56.8. The van der Waals surface area contributed by atoms with Crippen LogP contribution in [0.4, 0.5) is 5.82 Å². The smallest absolute Gasteiger partial charge is 0.462 e. The lowest BCUT2D eigenvalue weighted by atomic mass is 10.0. The van der Waals surface area contributed by atoms with E-state index < -0.39 is 89.8 Å². The van der Waals surface area contributed by atoms with E-state index in [1.165, 1.54) is 89.5 Å². The van der Waals surface area contributed by atoms with Crippen molar-refractivity contribution in [2.24, 2.45) is 5.92 Å². The summed E-state index contributed by atoms with van der Waals surface area (Å²) in [5, 5.41) is 31.1. The highest BCUT2D eigenvalue weighted by Gasteiger charge is 2.46. The molecule has 1 fully saturated rings. The molecule has 0 saturated carbocycles. The van der Waals surface area contributed by atoms with Gasteiger partial charge >= 0.3 is 33.3 Å². The van der Waals surface area contributed by atoms with Crippen LogP contribution in [-0.2, 0) is 46.3 Å². The molecule has 21 heteroatoms. The first-order chi connectivity index (χ1) is 35.4. The van der Waals surface area contributed by atoms with Crippen molar-refractivity contribution in [2.45, 2.75) is 224 Å². The second-order valence-corrected chi connectivity index (χ2v) is 22.5. The van der Waals surface area contributed by atoms with Crippen LogP contribution in [0.3, 0.4) is 0 Å². The van der Waals surface area contributed by atoms with E-state index in [1.807, 2.05) is 36.5 Å². The van der Waals surface area contributed by atoms with Crippen LogP contribution in [0.2, 0.25) is 0 Å².